The smallest absolute Gasteiger partial charge is 0.253 e. The number of hydrogen-bond acceptors (Lipinski definition) is 5. The van der Waals surface area contributed by atoms with Crippen LogP contribution in [0.2, 0.25) is 0 Å². The average Bonchev–Trinajstić information content (AvgIpc) is 2.85. The zero-order chi connectivity index (χ0) is 16.6. The van der Waals surface area contributed by atoms with Crippen molar-refractivity contribution < 1.29 is 14.3 Å². The number of amides is 1. The van der Waals surface area contributed by atoms with E-state index in [4.69, 9.17) is 20.5 Å². The Morgan fingerprint density at radius 2 is 1.91 bits per heavy atom. The lowest BCUT2D eigenvalue weighted by molar-refractivity contribution is -0.119. The molecule has 1 unspecified atom stereocenters. The molecule has 0 aliphatic carbocycles. The maximum absolute atomic E-state index is 12.6. The second kappa shape index (κ2) is 5.30. The first kappa shape index (κ1) is 14.9. The molecule has 0 bridgehead atoms. The van der Waals surface area contributed by atoms with Gasteiger partial charge in [-0.05, 0) is 36.4 Å². The fraction of sp³-hybridized carbons (Fsp3) is 0.176. The Balaban J connectivity index is 2.28. The lowest BCUT2D eigenvalue weighted by atomic mass is 9.83. The molecule has 1 amide bonds. The van der Waals surface area contributed by atoms with E-state index in [1.165, 1.54) is 14.2 Å². The molecule has 2 aromatic carbocycles. The Morgan fingerprint density at radius 1 is 1.13 bits per heavy atom. The molecule has 6 nitrogen and oxygen atoms in total. The lowest BCUT2D eigenvalue weighted by Gasteiger charge is -2.25. The third kappa shape index (κ3) is 2.10. The fourth-order valence-electron chi connectivity index (χ4n) is 2.78. The Morgan fingerprint density at radius 3 is 2.57 bits per heavy atom. The van der Waals surface area contributed by atoms with Crippen molar-refractivity contribution in [2.24, 2.45) is 5.73 Å². The molecule has 1 aliphatic rings. The van der Waals surface area contributed by atoms with Crippen LogP contribution in [-0.2, 0) is 10.3 Å². The van der Waals surface area contributed by atoms with Crippen molar-refractivity contribution in [3.05, 3.63) is 53.1 Å². The van der Waals surface area contributed by atoms with Crippen LogP contribution in [0.25, 0.3) is 0 Å². The first-order valence-electron chi connectivity index (χ1n) is 6.92. The summed E-state index contributed by atoms with van der Waals surface area (Å²) < 4.78 is 10.6. The third-order valence-corrected chi connectivity index (χ3v) is 4.01. The predicted molar refractivity (Wildman–Crippen MR) is 84.3 cm³/mol. The number of carbonyl (C=O) groups excluding carboxylic acids is 1. The van der Waals surface area contributed by atoms with Crippen molar-refractivity contribution in [2.75, 3.05) is 19.5 Å². The molecule has 116 valence electrons. The minimum atomic E-state index is -1.46. The van der Waals surface area contributed by atoms with Gasteiger partial charge in [-0.2, -0.15) is 5.26 Å². The van der Waals surface area contributed by atoms with Gasteiger partial charge in [-0.15, -0.1) is 0 Å². The highest BCUT2D eigenvalue weighted by molar-refractivity contribution is 6.08. The van der Waals surface area contributed by atoms with Crippen molar-refractivity contribution in [2.45, 2.75) is 5.54 Å². The van der Waals surface area contributed by atoms with Gasteiger partial charge in [0.05, 0.1) is 25.9 Å². The minimum absolute atomic E-state index is 0.380. The van der Waals surface area contributed by atoms with Gasteiger partial charge in [-0.3, -0.25) is 4.79 Å². The molecule has 3 rings (SSSR count). The second-order valence-electron chi connectivity index (χ2n) is 5.20. The number of anilines is 1. The molecule has 1 atom stereocenters. The third-order valence-electron chi connectivity index (χ3n) is 4.01. The van der Waals surface area contributed by atoms with Crippen LogP contribution in [0.5, 0.6) is 11.5 Å². The van der Waals surface area contributed by atoms with Gasteiger partial charge in [0.1, 0.15) is 11.5 Å². The van der Waals surface area contributed by atoms with Crippen LogP contribution < -0.4 is 20.5 Å². The Bertz CT molecular complexity index is 841. The zero-order valence-electron chi connectivity index (χ0n) is 12.7. The van der Waals surface area contributed by atoms with E-state index in [9.17, 15) is 4.79 Å². The largest absolute Gasteiger partial charge is 0.497 e. The van der Waals surface area contributed by atoms with E-state index >= 15 is 0 Å². The number of nitrogens with one attached hydrogen (secondary N) is 1. The molecule has 0 aromatic heterocycles. The lowest BCUT2D eigenvalue weighted by Crippen LogP contribution is -2.44. The molecule has 1 aliphatic heterocycles. The molecule has 0 saturated heterocycles. The van der Waals surface area contributed by atoms with Gasteiger partial charge in [0.2, 0.25) is 0 Å². The first-order valence-corrected chi connectivity index (χ1v) is 6.92. The highest BCUT2D eigenvalue weighted by Gasteiger charge is 2.47. The number of ether oxygens (including phenoxy) is 2. The first-order chi connectivity index (χ1) is 11.0. The van der Waals surface area contributed by atoms with Gasteiger partial charge in [-0.25, -0.2) is 0 Å². The SMILES string of the molecule is COc1ccc(OC)c(C2(N)C(=O)Nc3ccc(C#N)cc32)c1. The summed E-state index contributed by atoms with van der Waals surface area (Å²) in [5.74, 6) is 0.649. The number of nitriles is 1. The van der Waals surface area contributed by atoms with Crippen LogP contribution in [0.1, 0.15) is 16.7 Å². The summed E-state index contributed by atoms with van der Waals surface area (Å²) in [4.78, 5) is 12.6. The van der Waals surface area contributed by atoms with Crippen LogP contribution in [0, 0.1) is 11.3 Å². The number of nitrogens with zero attached hydrogens (tertiary/aromatic N) is 1. The molecule has 23 heavy (non-hydrogen) atoms. The van der Waals surface area contributed by atoms with Crippen molar-refractivity contribution in [3.63, 3.8) is 0 Å². The highest BCUT2D eigenvalue weighted by Crippen LogP contribution is 2.43. The normalized spacial score (nSPS) is 18.8. The van der Waals surface area contributed by atoms with E-state index in [1.807, 2.05) is 0 Å². The number of methoxy groups -OCH3 is 2. The summed E-state index contributed by atoms with van der Waals surface area (Å²) >= 11 is 0. The van der Waals surface area contributed by atoms with E-state index in [1.54, 1.807) is 36.4 Å². The molecule has 0 spiro atoms. The van der Waals surface area contributed by atoms with Crippen LogP contribution in [0.3, 0.4) is 0 Å². The summed E-state index contributed by atoms with van der Waals surface area (Å²) in [7, 11) is 3.04. The molecule has 0 fully saturated rings. The predicted octanol–water partition coefficient (Wildman–Crippen LogP) is 1.73. The van der Waals surface area contributed by atoms with Crippen LogP contribution >= 0.6 is 0 Å². The van der Waals surface area contributed by atoms with Gasteiger partial charge < -0.3 is 20.5 Å². The number of nitrogens with two attached hydrogens (primary N) is 1. The van der Waals surface area contributed by atoms with Gasteiger partial charge in [0.15, 0.2) is 5.54 Å². The summed E-state index contributed by atoms with van der Waals surface area (Å²) in [6.07, 6.45) is 0. The standard InChI is InChI=1S/C17H15N3O3/c1-22-11-4-6-15(23-2)13(8-11)17(19)12-7-10(9-18)3-5-14(12)20-16(17)21/h3-8H,19H2,1-2H3,(H,20,21). The Labute approximate surface area is 133 Å². The van der Waals surface area contributed by atoms with E-state index in [2.05, 4.69) is 11.4 Å². The number of carbonyl (C=O) groups is 1. The second-order valence-corrected chi connectivity index (χ2v) is 5.20. The van der Waals surface area contributed by atoms with Crippen molar-refractivity contribution in [1.29, 1.82) is 5.26 Å². The number of benzene rings is 2. The molecule has 6 heteroatoms. The molecule has 0 radical (unpaired) electrons. The summed E-state index contributed by atoms with van der Waals surface area (Å²) in [5.41, 5.74) is 7.07. The maximum Gasteiger partial charge on any atom is 0.253 e. The van der Waals surface area contributed by atoms with Gasteiger partial charge >= 0.3 is 0 Å². The van der Waals surface area contributed by atoms with Gasteiger partial charge in [0, 0.05) is 16.8 Å². The molecular weight excluding hydrogens is 294 g/mol. The van der Waals surface area contributed by atoms with E-state index in [0.717, 1.165) is 0 Å². The van der Waals surface area contributed by atoms with Crippen LogP contribution in [0.4, 0.5) is 5.69 Å². The molecule has 0 saturated carbocycles. The van der Waals surface area contributed by atoms with E-state index < -0.39 is 5.54 Å². The van der Waals surface area contributed by atoms with Gasteiger partial charge in [-0.1, -0.05) is 0 Å². The molecular formula is C17H15N3O3. The number of rotatable bonds is 3. The highest BCUT2D eigenvalue weighted by atomic mass is 16.5. The van der Waals surface area contributed by atoms with Crippen molar-refractivity contribution in [3.8, 4) is 17.6 Å². The topological polar surface area (TPSA) is 97.4 Å². The van der Waals surface area contributed by atoms with Gasteiger partial charge in [0.25, 0.3) is 5.91 Å². The number of fused-ring (bicyclic) bond motifs is 1. The summed E-state index contributed by atoms with van der Waals surface area (Å²) in [6.45, 7) is 0. The maximum atomic E-state index is 12.6. The molecule has 3 N–H and O–H groups in total. The summed E-state index contributed by atoms with van der Waals surface area (Å²) in [5, 5.41) is 11.9. The van der Waals surface area contributed by atoms with Crippen LogP contribution in [-0.4, -0.2) is 20.1 Å². The van der Waals surface area contributed by atoms with E-state index in [0.29, 0.717) is 33.9 Å². The molecule has 2 aromatic rings. The van der Waals surface area contributed by atoms with Crippen molar-refractivity contribution in [1.82, 2.24) is 0 Å². The van der Waals surface area contributed by atoms with Crippen molar-refractivity contribution >= 4 is 11.6 Å². The zero-order valence-corrected chi connectivity index (χ0v) is 12.7. The van der Waals surface area contributed by atoms with E-state index in [-0.39, 0.29) is 5.91 Å². The molecule has 1 heterocycles. The quantitative estimate of drug-likeness (QED) is 0.900. The fourth-order valence-corrected chi connectivity index (χ4v) is 2.78. The minimum Gasteiger partial charge on any atom is -0.497 e. The Hall–Kier alpha value is -3.04. The van der Waals surface area contributed by atoms with Crippen LogP contribution in [0.15, 0.2) is 36.4 Å². The summed E-state index contributed by atoms with van der Waals surface area (Å²) in [6, 6.07) is 12.1. The average molecular weight is 309 g/mol. The Kier molecular flexibility index (Phi) is 3.43. The monoisotopic (exact) mass is 309 g/mol. The number of hydrogen-bond donors (Lipinski definition) is 2.